The molecule has 0 unspecified atom stereocenters. The lowest BCUT2D eigenvalue weighted by Crippen LogP contribution is -2.17. The van der Waals surface area contributed by atoms with Crippen LogP contribution in [-0.4, -0.2) is 19.8 Å². The Morgan fingerprint density at radius 1 is 0.645 bits per heavy atom. The van der Waals surface area contributed by atoms with E-state index < -0.39 is 7.75 Å². The van der Waals surface area contributed by atoms with Crippen LogP contribution in [0.1, 0.15) is 122 Å². The molecule has 0 fully saturated rings. The molecule has 0 bridgehead atoms. The molecule has 0 aromatic carbocycles. The highest BCUT2D eigenvalue weighted by atomic mass is 31.2. The van der Waals surface area contributed by atoms with E-state index >= 15 is 0 Å². The van der Waals surface area contributed by atoms with Crippen LogP contribution in [0, 0.1) is 0 Å². The van der Waals surface area contributed by atoms with Gasteiger partial charge in [-0.1, -0.05) is 89.7 Å². The molecule has 0 saturated heterocycles. The summed E-state index contributed by atoms with van der Waals surface area (Å²) >= 11 is 0. The summed E-state index contributed by atoms with van der Waals surface area (Å²) in [4.78, 5) is 0. The van der Waals surface area contributed by atoms with E-state index in [1.165, 1.54) is 64.2 Å². The quantitative estimate of drug-likeness (QED) is 0.0799. The Hall–Kier alpha value is -0.410. The number of hydrogen-bond donors (Lipinski definition) is 1. The third kappa shape index (κ3) is 22.6. The van der Waals surface area contributed by atoms with Gasteiger partial charge < -0.3 is 0 Å². The molecule has 0 aromatic heterocycles. The highest BCUT2D eigenvalue weighted by molar-refractivity contribution is 7.51. The first-order chi connectivity index (χ1) is 15.2. The van der Waals surface area contributed by atoms with Crippen molar-refractivity contribution >= 4 is 7.75 Å². The second kappa shape index (κ2) is 24.2. The molecule has 0 radical (unpaired) electrons. The van der Waals surface area contributed by atoms with Gasteiger partial charge >= 0.3 is 7.75 Å². The maximum Gasteiger partial charge on any atom is 0.405 e. The lowest BCUT2D eigenvalue weighted by atomic mass is 10.1. The molecule has 1 N–H and O–H groups in total. The van der Waals surface area contributed by atoms with Gasteiger partial charge in [-0.3, -0.25) is 9.05 Å². The van der Waals surface area contributed by atoms with Crippen molar-refractivity contribution in [1.82, 2.24) is 5.09 Å². The molecule has 0 heterocycles. The molecule has 0 saturated carbocycles. The van der Waals surface area contributed by atoms with Gasteiger partial charge in [0.2, 0.25) is 0 Å². The van der Waals surface area contributed by atoms with Crippen LogP contribution in [0.5, 0.6) is 0 Å². The third-order valence-corrected chi connectivity index (χ3v) is 7.12. The molecule has 0 amide bonds. The predicted molar refractivity (Wildman–Crippen MR) is 137 cm³/mol. The summed E-state index contributed by atoms with van der Waals surface area (Å²) in [5.74, 6) is 0. The highest BCUT2D eigenvalue weighted by Crippen LogP contribution is 2.44. The van der Waals surface area contributed by atoms with E-state index in [-0.39, 0.29) is 0 Å². The average Bonchev–Trinajstić information content (AvgIpc) is 2.76. The van der Waals surface area contributed by atoms with E-state index in [0.29, 0.717) is 19.8 Å². The molecule has 4 nitrogen and oxygen atoms in total. The SMILES string of the molecule is C=CCCCCCCCCCOP(=O)(NCCCC)OCCCCCCCCCC=C. The van der Waals surface area contributed by atoms with Gasteiger partial charge in [-0.15, -0.1) is 13.2 Å². The van der Waals surface area contributed by atoms with Crippen LogP contribution >= 0.6 is 7.75 Å². The summed E-state index contributed by atoms with van der Waals surface area (Å²) < 4.78 is 24.4. The van der Waals surface area contributed by atoms with Crippen LogP contribution in [0.15, 0.2) is 25.3 Å². The zero-order valence-corrected chi connectivity index (χ0v) is 21.5. The second-order valence-electron chi connectivity index (χ2n) is 8.53. The van der Waals surface area contributed by atoms with E-state index in [1.54, 1.807) is 0 Å². The van der Waals surface area contributed by atoms with Crippen molar-refractivity contribution in [2.24, 2.45) is 0 Å². The van der Waals surface area contributed by atoms with Crippen molar-refractivity contribution < 1.29 is 13.6 Å². The Labute approximate surface area is 194 Å². The average molecular weight is 458 g/mol. The lowest BCUT2D eigenvalue weighted by Gasteiger charge is -2.19. The Morgan fingerprint density at radius 3 is 1.42 bits per heavy atom. The topological polar surface area (TPSA) is 47.6 Å². The fraction of sp³-hybridized carbons (Fsp3) is 0.846. The molecule has 31 heavy (non-hydrogen) atoms. The zero-order valence-electron chi connectivity index (χ0n) is 20.6. The molecule has 0 aromatic rings. The Kier molecular flexibility index (Phi) is 23.9. The van der Waals surface area contributed by atoms with Crippen LogP contribution in [0.2, 0.25) is 0 Å². The second-order valence-corrected chi connectivity index (χ2v) is 10.4. The van der Waals surface area contributed by atoms with Crippen molar-refractivity contribution in [2.75, 3.05) is 19.8 Å². The third-order valence-electron chi connectivity index (χ3n) is 5.46. The summed E-state index contributed by atoms with van der Waals surface area (Å²) in [5.41, 5.74) is 0. The molecule has 0 rings (SSSR count). The number of unbranched alkanes of at least 4 members (excludes halogenated alkanes) is 15. The number of allylic oxidation sites excluding steroid dienone is 2. The molecule has 0 spiro atoms. The van der Waals surface area contributed by atoms with Crippen molar-refractivity contribution in [1.29, 1.82) is 0 Å². The highest BCUT2D eigenvalue weighted by Gasteiger charge is 2.23. The first-order valence-corrected chi connectivity index (χ1v) is 14.6. The largest absolute Gasteiger partial charge is 0.405 e. The smallest absolute Gasteiger partial charge is 0.297 e. The number of hydrogen-bond acceptors (Lipinski definition) is 3. The Balaban J connectivity index is 3.85. The maximum absolute atomic E-state index is 13.0. The normalized spacial score (nSPS) is 11.6. The summed E-state index contributed by atoms with van der Waals surface area (Å²) in [6.07, 6.45) is 25.1. The zero-order chi connectivity index (χ0) is 22.9. The molecular formula is C26H52NO3P. The van der Waals surface area contributed by atoms with Crippen LogP contribution in [-0.2, 0) is 13.6 Å². The first-order valence-electron chi connectivity index (χ1n) is 13.0. The fourth-order valence-corrected chi connectivity index (χ4v) is 4.87. The minimum absolute atomic E-state index is 0.511. The molecule has 0 aliphatic rings. The van der Waals surface area contributed by atoms with E-state index in [1.807, 2.05) is 12.2 Å². The van der Waals surface area contributed by atoms with E-state index in [2.05, 4.69) is 25.2 Å². The monoisotopic (exact) mass is 457 g/mol. The van der Waals surface area contributed by atoms with Crippen LogP contribution in [0.25, 0.3) is 0 Å². The molecular weight excluding hydrogens is 405 g/mol. The van der Waals surface area contributed by atoms with Gasteiger partial charge in [-0.25, -0.2) is 9.65 Å². The van der Waals surface area contributed by atoms with Gasteiger partial charge in [-0.05, 0) is 44.9 Å². The minimum Gasteiger partial charge on any atom is -0.297 e. The number of nitrogens with one attached hydrogen (secondary N) is 1. The lowest BCUT2D eigenvalue weighted by molar-refractivity contribution is 0.189. The summed E-state index contributed by atoms with van der Waals surface area (Å²) in [5, 5.41) is 3.05. The van der Waals surface area contributed by atoms with Gasteiger partial charge in [0.15, 0.2) is 0 Å². The van der Waals surface area contributed by atoms with Crippen molar-refractivity contribution in [3.05, 3.63) is 25.3 Å². The van der Waals surface area contributed by atoms with E-state index in [4.69, 9.17) is 9.05 Å². The molecule has 184 valence electrons. The Morgan fingerprint density at radius 2 is 1.03 bits per heavy atom. The summed E-state index contributed by atoms with van der Waals surface area (Å²) in [6, 6.07) is 0. The first kappa shape index (κ1) is 30.6. The van der Waals surface area contributed by atoms with Gasteiger partial charge in [0.25, 0.3) is 0 Å². The van der Waals surface area contributed by atoms with Crippen LogP contribution in [0.4, 0.5) is 0 Å². The predicted octanol–water partition coefficient (Wildman–Crippen LogP) is 9.13. The fourth-order valence-electron chi connectivity index (χ4n) is 3.44. The van der Waals surface area contributed by atoms with Crippen molar-refractivity contribution in [3.63, 3.8) is 0 Å². The standard InChI is InChI=1S/C26H52NO3P/c1-4-7-10-12-14-16-18-20-22-25-29-31(28,27-24-9-6-3)30-26-23-21-19-17-15-13-11-8-5-2/h4-5H,1-2,6-26H2,3H3,(H,27,28). The van der Waals surface area contributed by atoms with Gasteiger partial charge in [-0.2, -0.15) is 0 Å². The number of rotatable bonds is 26. The summed E-state index contributed by atoms with van der Waals surface area (Å²) in [7, 11) is -3.17. The van der Waals surface area contributed by atoms with Gasteiger partial charge in [0.1, 0.15) is 0 Å². The minimum atomic E-state index is -3.17. The molecule has 5 heteroatoms. The van der Waals surface area contributed by atoms with E-state index in [9.17, 15) is 4.57 Å². The van der Waals surface area contributed by atoms with Crippen LogP contribution in [0.3, 0.4) is 0 Å². The maximum atomic E-state index is 13.0. The van der Waals surface area contributed by atoms with Gasteiger partial charge in [0, 0.05) is 6.54 Å². The van der Waals surface area contributed by atoms with E-state index in [0.717, 1.165) is 51.4 Å². The van der Waals surface area contributed by atoms with Crippen LogP contribution < -0.4 is 5.09 Å². The Bertz CT molecular complexity index is 410. The van der Waals surface area contributed by atoms with Crippen molar-refractivity contribution in [2.45, 2.75) is 122 Å². The molecule has 0 aliphatic carbocycles. The van der Waals surface area contributed by atoms with Crippen molar-refractivity contribution in [3.8, 4) is 0 Å². The molecule has 0 atom stereocenters. The molecule has 0 aliphatic heterocycles. The summed E-state index contributed by atoms with van der Waals surface area (Å²) in [6.45, 7) is 11.4. The van der Waals surface area contributed by atoms with Gasteiger partial charge in [0.05, 0.1) is 13.2 Å².